The lowest BCUT2D eigenvalue weighted by atomic mass is 9.93. The molecule has 1 aromatic rings. The Hall–Kier alpha value is -1.59. The lowest BCUT2D eigenvalue weighted by molar-refractivity contribution is -0.122. The number of benzene rings is 1. The quantitative estimate of drug-likeness (QED) is 0.801. The van der Waals surface area contributed by atoms with Crippen molar-refractivity contribution < 1.29 is 9.59 Å². The summed E-state index contributed by atoms with van der Waals surface area (Å²) < 4.78 is 0. The Kier molecular flexibility index (Phi) is 4.85. The van der Waals surface area contributed by atoms with Gasteiger partial charge in [-0.15, -0.1) is 0 Å². The van der Waals surface area contributed by atoms with Crippen LogP contribution in [0.15, 0.2) is 18.2 Å². The van der Waals surface area contributed by atoms with E-state index in [1.165, 1.54) is 6.92 Å². The van der Waals surface area contributed by atoms with Gasteiger partial charge in [-0.25, -0.2) is 0 Å². The first-order chi connectivity index (χ1) is 9.97. The van der Waals surface area contributed by atoms with Gasteiger partial charge in [0.05, 0.1) is 16.2 Å². The maximum Gasteiger partial charge on any atom is 0.244 e. The van der Waals surface area contributed by atoms with E-state index >= 15 is 0 Å². The fourth-order valence-electron chi connectivity index (χ4n) is 2.60. The van der Waals surface area contributed by atoms with Crippen LogP contribution >= 0.6 is 11.6 Å². The van der Waals surface area contributed by atoms with E-state index < -0.39 is 5.54 Å². The van der Waals surface area contributed by atoms with Crippen LogP contribution in [0.3, 0.4) is 0 Å². The van der Waals surface area contributed by atoms with Gasteiger partial charge in [-0.3, -0.25) is 9.59 Å². The normalized spacial score (nSPS) is 21.1. The van der Waals surface area contributed by atoms with Crippen LogP contribution in [0.4, 0.5) is 11.4 Å². The van der Waals surface area contributed by atoms with E-state index in [4.69, 9.17) is 11.6 Å². The molecule has 3 N–H and O–H groups in total. The SMILES string of the molecule is CCC1(C(=O)Nc2ccc(NC(C)=O)c(Cl)c2)CCCN1. The summed E-state index contributed by atoms with van der Waals surface area (Å²) in [5.41, 5.74) is 0.676. The zero-order chi connectivity index (χ0) is 15.5. The summed E-state index contributed by atoms with van der Waals surface area (Å²) >= 11 is 6.10. The van der Waals surface area contributed by atoms with Gasteiger partial charge in [0.2, 0.25) is 11.8 Å². The molecule has 6 heteroatoms. The molecule has 1 aliphatic rings. The molecule has 0 aromatic heterocycles. The molecular weight excluding hydrogens is 290 g/mol. The Labute approximate surface area is 129 Å². The molecule has 114 valence electrons. The van der Waals surface area contributed by atoms with Crippen LogP contribution in [-0.2, 0) is 9.59 Å². The van der Waals surface area contributed by atoms with Crippen LogP contribution in [-0.4, -0.2) is 23.9 Å². The van der Waals surface area contributed by atoms with Crippen molar-refractivity contribution in [2.24, 2.45) is 0 Å². The summed E-state index contributed by atoms with van der Waals surface area (Å²) in [4.78, 5) is 23.5. The molecule has 0 aliphatic carbocycles. The Morgan fingerprint density at radius 3 is 2.67 bits per heavy atom. The van der Waals surface area contributed by atoms with Crippen molar-refractivity contribution in [3.05, 3.63) is 23.2 Å². The van der Waals surface area contributed by atoms with Gasteiger partial charge in [0.25, 0.3) is 0 Å². The van der Waals surface area contributed by atoms with Crippen molar-refractivity contribution in [1.29, 1.82) is 0 Å². The second-order valence-corrected chi connectivity index (χ2v) is 5.70. The maximum atomic E-state index is 12.5. The van der Waals surface area contributed by atoms with E-state index in [9.17, 15) is 9.59 Å². The van der Waals surface area contributed by atoms with Crippen molar-refractivity contribution in [3.63, 3.8) is 0 Å². The largest absolute Gasteiger partial charge is 0.325 e. The van der Waals surface area contributed by atoms with Gasteiger partial charge in [0.1, 0.15) is 0 Å². The Bertz CT molecular complexity index is 554. The Balaban J connectivity index is 2.11. The van der Waals surface area contributed by atoms with Gasteiger partial charge in [0.15, 0.2) is 0 Å². The topological polar surface area (TPSA) is 70.2 Å². The predicted molar refractivity (Wildman–Crippen MR) is 84.6 cm³/mol. The fourth-order valence-corrected chi connectivity index (χ4v) is 2.82. The number of hydrogen-bond acceptors (Lipinski definition) is 3. The first-order valence-corrected chi connectivity index (χ1v) is 7.48. The third-order valence-corrected chi connectivity index (χ3v) is 4.13. The minimum absolute atomic E-state index is 0.0363. The highest BCUT2D eigenvalue weighted by Crippen LogP contribution is 2.28. The van der Waals surface area contributed by atoms with Crippen LogP contribution in [0.2, 0.25) is 5.02 Å². The number of nitrogens with one attached hydrogen (secondary N) is 3. The van der Waals surface area contributed by atoms with Gasteiger partial charge in [-0.05, 0) is 44.0 Å². The van der Waals surface area contributed by atoms with Gasteiger partial charge in [0, 0.05) is 12.6 Å². The molecule has 1 aliphatic heterocycles. The lowest BCUT2D eigenvalue weighted by Gasteiger charge is -2.26. The van der Waals surface area contributed by atoms with Gasteiger partial charge in [-0.2, -0.15) is 0 Å². The third kappa shape index (κ3) is 3.54. The van der Waals surface area contributed by atoms with Gasteiger partial charge in [-0.1, -0.05) is 18.5 Å². The standard InChI is InChI=1S/C15H20ClN3O2/c1-3-15(7-4-8-17-15)14(21)19-11-5-6-13(12(16)9-11)18-10(2)20/h5-6,9,17H,3-4,7-8H2,1-2H3,(H,18,20)(H,19,21). The van der Waals surface area contributed by atoms with Crippen LogP contribution < -0.4 is 16.0 Å². The van der Waals surface area contributed by atoms with Crippen LogP contribution in [0.1, 0.15) is 33.1 Å². The zero-order valence-electron chi connectivity index (χ0n) is 12.3. The van der Waals surface area contributed by atoms with Crippen molar-refractivity contribution in [1.82, 2.24) is 5.32 Å². The first-order valence-electron chi connectivity index (χ1n) is 7.10. The van der Waals surface area contributed by atoms with E-state index in [0.717, 1.165) is 25.8 Å². The van der Waals surface area contributed by atoms with E-state index in [1.807, 2.05) is 6.92 Å². The van der Waals surface area contributed by atoms with Crippen molar-refractivity contribution in [3.8, 4) is 0 Å². The number of carbonyl (C=O) groups is 2. The summed E-state index contributed by atoms with van der Waals surface area (Å²) in [5.74, 6) is -0.223. The van der Waals surface area contributed by atoms with Crippen molar-refractivity contribution in [2.45, 2.75) is 38.6 Å². The molecule has 0 radical (unpaired) electrons. The highest BCUT2D eigenvalue weighted by molar-refractivity contribution is 6.34. The van der Waals surface area contributed by atoms with Gasteiger partial charge >= 0.3 is 0 Å². The highest BCUT2D eigenvalue weighted by Gasteiger charge is 2.39. The maximum absolute atomic E-state index is 12.5. The Morgan fingerprint density at radius 2 is 2.14 bits per heavy atom. The number of amides is 2. The van der Waals surface area contributed by atoms with E-state index in [0.29, 0.717) is 16.4 Å². The monoisotopic (exact) mass is 309 g/mol. The summed E-state index contributed by atoms with van der Waals surface area (Å²) in [5, 5.41) is 9.22. The van der Waals surface area contributed by atoms with Gasteiger partial charge < -0.3 is 16.0 Å². The van der Waals surface area contributed by atoms with Crippen molar-refractivity contribution >= 4 is 34.8 Å². The van der Waals surface area contributed by atoms with Crippen LogP contribution in [0.25, 0.3) is 0 Å². The molecule has 1 unspecified atom stereocenters. The molecule has 0 saturated carbocycles. The number of hydrogen-bond donors (Lipinski definition) is 3. The Morgan fingerprint density at radius 1 is 1.38 bits per heavy atom. The number of carbonyl (C=O) groups excluding carboxylic acids is 2. The summed E-state index contributed by atoms with van der Waals surface area (Å²) in [6.07, 6.45) is 2.59. The average Bonchev–Trinajstić information content (AvgIpc) is 2.91. The van der Waals surface area contributed by atoms with E-state index in [1.54, 1.807) is 18.2 Å². The second kappa shape index (κ2) is 6.45. The zero-order valence-corrected chi connectivity index (χ0v) is 13.0. The number of anilines is 2. The molecule has 1 aromatic carbocycles. The molecule has 2 rings (SSSR count). The third-order valence-electron chi connectivity index (χ3n) is 3.82. The molecule has 0 bridgehead atoms. The summed E-state index contributed by atoms with van der Waals surface area (Å²) in [7, 11) is 0. The molecule has 1 heterocycles. The van der Waals surface area contributed by atoms with Crippen molar-refractivity contribution in [2.75, 3.05) is 17.2 Å². The molecule has 21 heavy (non-hydrogen) atoms. The minimum atomic E-state index is -0.483. The molecule has 5 nitrogen and oxygen atoms in total. The number of rotatable bonds is 4. The second-order valence-electron chi connectivity index (χ2n) is 5.30. The molecule has 1 fully saturated rings. The molecule has 0 spiro atoms. The summed E-state index contributed by atoms with van der Waals surface area (Å²) in [6, 6.07) is 5.05. The fraction of sp³-hybridized carbons (Fsp3) is 0.467. The summed E-state index contributed by atoms with van der Waals surface area (Å²) in [6.45, 7) is 4.29. The minimum Gasteiger partial charge on any atom is -0.325 e. The van der Waals surface area contributed by atoms with E-state index in [-0.39, 0.29) is 11.8 Å². The highest BCUT2D eigenvalue weighted by atomic mass is 35.5. The molecule has 1 saturated heterocycles. The van der Waals surface area contributed by atoms with E-state index in [2.05, 4.69) is 16.0 Å². The van der Waals surface area contributed by atoms with Crippen LogP contribution in [0, 0.1) is 0 Å². The predicted octanol–water partition coefficient (Wildman–Crippen LogP) is 2.77. The molecule has 2 amide bonds. The number of halogens is 1. The molecular formula is C15H20ClN3O2. The smallest absolute Gasteiger partial charge is 0.244 e. The first kappa shape index (κ1) is 15.8. The molecule has 1 atom stereocenters. The lowest BCUT2D eigenvalue weighted by Crippen LogP contribution is -2.50. The average molecular weight is 310 g/mol. The van der Waals surface area contributed by atoms with Crippen LogP contribution in [0.5, 0.6) is 0 Å².